The first kappa shape index (κ1) is 22.3. The first-order valence-electron chi connectivity index (χ1n) is 10.8. The number of benzene rings is 2. The summed E-state index contributed by atoms with van der Waals surface area (Å²) in [5.74, 6) is 1.04. The average molecular weight is 450 g/mol. The molecule has 0 fully saturated rings. The fourth-order valence-corrected chi connectivity index (χ4v) is 3.60. The number of imidazole rings is 1. The Balaban J connectivity index is 1.58. The van der Waals surface area contributed by atoms with Gasteiger partial charge in [0.05, 0.1) is 6.54 Å². The van der Waals surface area contributed by atoms with Crippen LogP contribution in [0.25, 0.3) is 11.2 Å². The summed E-state index contributed by atoms with van der Waals surface area (Å²) in [6, 6.07) is 17.4. The third-order valence-electron chi connectivity index (χ3n) is 5.47. The molecule has 0 amide bonds. The zero-order valence-corrected chi connectivity index (χ0v) is 18.6. The van der Waals surface area contributed by atoms with E-state index in [1.165, 1.54) is 10.1 Å². The fourth-order valence-electron chi connectivity index (χ4n) is 3.60. The SMILES string of the molecule is CCc1ccc(OCC(O)Cn2c(NCc3ccccc3)nc3c2c(=O)[nH]c(=O)n3C)cc1. The van der Waals surface area contributed by atoms with E-state index >= 15 is 0 Å². The first-order valence-corrected chi connectivity index (χ1v) is 10.8. The van der Waals surface area contributed by atoms with Gasteiger partial charge in [-0.2, -0.15) is 4.98 Å². The molecule has 1 unspecified atom stereocenters. The molecule has 33 heavy (non-hydrogen) atoms. The van der Waals surface area contributed by atoms with Crippen molar-refractivity contribution in [2.45, 2.75) is 32.5 Å². The lowest BCUT2D eigenvalue weighted by atomic mass is 10.2. The molecule has 0 aliphatic carbocycles. The lowest BCUT2D eigenvalue weighted by Gasteiger charge is -2.16. The highest BCUT2D eigenvalue weighted by Gasteiger charge is 2.20. The molecule has 2 aromatic heterocycles. The number of aliphatic hydroxyl groups is 1. The highest BCUT2D eigenvalue weighted by molar-refractivity contribution is 5.74. The molecule has 2 aromatic carbocycles. The lowest BCUT2D eigenvalue weighted by molar-refractivity contribution is 0.0938. The molecular formula is C24H27N5O4. The van der Waals surface area contributed by atoms with Crippen LogP contribution < -0.4 is 21.3 Å². The van der Waals surface area contributed by atoms with Crippen LogP contribution in [0.5, 0.6) is 5.75 Å². The third kappa shape index (κ3) is 4.98. The second kappa shape index (κ2) is 9.74. The summed E-state index contributed by atoms with van der Waals surface area (Å²) in [6.07, 6.45) is 0.0223. The van der Waals surface area contributed by atoms with Crippen molar-refractivity contribution in [3.05, 3.63) is 86.6 Å². The van der Waals surface area contributed by atoms with Gasteiger partial charge in [0.15, 0.2) is 11.2 Å². The normalized spacial score (nSPS) is 12.1. The highest BCUT2D eigenvalue weighted by Crippen LogP contribution is 2.18. The van der Waals surface area contributed by atoms with Crippen molar-refractivity contribution < 1.29 is 9.84 Å². The summed E-state index contributed by atoms with van der Waals surface area (Å²) in [6.45, 7) is 2.64. The van der Waals surface area contributed by atoms with E-state index in [1.807, 2.05) is 54.6 Å². The van der Waals surface area contributed by atoms with Gasteiger partial charge >= 0.3 is 5.69 Å². The maximum Gasteiger partial charge on any atom is 0.329 e. The van der Waals surface area contributed by atoms with Crippen LogP contribution in [-0.4, -0.2) is 36.9 Å². The minimum absolute atomic E-state index is 0.0347. The Morgan fingerprint density at radius 1 is 1.09 bits per heavy atom. The molecule has 0 radical (unpaired) electrons. The van der Waals surface area contributed by atoms with E-state index < -0.39 is 17.4 Å². The van der Waals surface area contributed by atoms with Gasteiger partial charge in [-0.1, -0.05) is 49.4 Å². The molecule has 0 aliphatic rings. The van der Waals surface area contributed by atoms with Crippen molar-refractivity contribution in [2.24, 2.45) is 7.05 Å². The van der Waals surface area contributed by atoms with E-state index in [9.17, 15) is 14.7 Å². The number of aryl methyl sites for hydroxylation is 2. The van der Waals surface area contributed by atoms with Gasteiger partial charge in [-0.25, -0.2) is 4.79 Å². The summed E-state index contributed by atoms with van der Waals surface area (Å²) < 4.78 is 8.59. The van der Waals surface area contributed by atoms with E-state index in [2.05, 4.69) is 22.2 Å². The maximum atomic E-state index is 12.6. The Kier molecular flexibility index (Phi) is 6.60. The van der Waals surface area contributed by atoms with E-state index in [1.54, 1.807) is 11.6 Å². The van der Waals surface area contributed by atoms with E-state index in [0.717, 1.165) is 12.0 Å². The largest absolute Gasteiger partial charge is 0.491 e. The van der Waals surface area contributed by atoms with Crippen molar-refractivity contribution in [1.82, 2.24) is 19.1 Å². The van der Waals surface area contributed by atoms with Crippen molar-refractivity contribution in [3.8, 4) is 5.75 Å². The number of nitrogens with one attached hydrogen (secondary N) is 2. The molecule has 0 aliphatic heterocycles. The van der Waals surface area contributed by atoms with Crippen LogP contribution >= 0.6 is 0 Å². The Hall–Kier alpha value is -3.85. The molecule has 1 atom stereocenters. The molecule has 0 spiro atoms. The predicted molar refractivity (Wildman–Crippen MR) is 127 cm³/mol. The minimum atomic E-state index is -0.915. The molecule has 0 bridgehead atoms. The molecule has 3 N–H and O–H groups in total. The van der Waals surface area contributed by atoms with Crippen molar-refractivity contribution >= 4 is 17.1 Å². The monoisotopic (exact) mass is 449 g/mol. The summed E-state index contributed by atoms with van der Waals surface area (Å²) in [5, 5.41) is 13.9. The van der Waals surface area contributed by atoms with E-state index in [-0.39, 0.29) is 24.3 Å². The number of anilines is 1. The summed E-state index contributed by atoms with van der Waals surface area (Å²) in [4.78, 5) is 31.4. The van der Waals surface area contributed by atoms with Crippen LogP contribution in [-0.2, 0) is 26.6 Å². The number of fused-ring (bicyclic) bond motifs is 1. The van der Waals surface area contributed by atoms with Crippen LogP contribution in [0.3, 0.4) is 0 Å². The summed E-state index contributed by atoms with van der Waals surface area (Å²) in [5.41, 5.74) is 1.56. The zero-order chi connectivity index (χ0) is 23.4. The van der Waals surface area contributed by atoms with Gasteiger partial charge in [0.25, 0.3) is 5.56 Å². The molecule has 9 nitrogen and oxygen atoms in total. The Morgan fingerprint density at radius 3 is 2.52 bits per heavy atom. The molecule has 4 aromatic rings. The highest BCUT2D eigenvalue weighted by atomic mass is 16.5. The number of hydrogen-bond donors (Lipinski definition) is 3. The van der Waals surface area contributed by atoms with E-state index in [0.29, 0.717) is 18.2 Å². The van der Waals surface area contributed by atoms with Gasteiger partial charge in [0.2, 0.25) is 5.95 Å². The summed E-state index contributed by atoms with van der Waals surface area (Å²) in [7, 11) is 1.54. The molecule has 2 heterocycles. The van der Waals surface area contributed by atoms with Crippen molar-refractivity contribution in [3.63, 3.8) is 0 Å². The van der Waals surface area contributed by atoms with Crippen molar-refractivity contribution in [2.75, 3.05) is 11.9 Å². The maximum absolute atomic E-state index is 12.6. The van der Waals surface area contributed by atoms with Crippen molar-refractivity contribution in [1.29, 1.82) is 0 Å². The number of nitrogens with zero attached hydrogens (tertiary/aromatic N) is 3. The minimum Gasteiger partial charge on any atom is -0.491 e. The van der Waals surface area contributed by atoms with E-state index in [4.69, 9.17) is 4.74 Å². The van der Waals surface area contributed by atoms with Crippen LogP contribution in [0.2, 0.25) is 0 Å². The van der Waals surface area contributed by atoms with Gasteiger partial charge < -0.3 is 19.7 Å². The number of aliphatic hydroxyl groups excluding tert-OH is 1. The van der Waals surface area contributed by atoms with Crippen LogP contribution in [0.1, 0.15) is 18.1 Å². The third-order valence-corrected chi connectivity index (χ3v) is 5.47. The number of aromatic amines is 1. The Bertz CT molecular complexity index is 1340. The van der Waals surface area contributed by atoms with Gasteiger partial charge in [-0.05, 0) is 29.7 Å². The molecule has 172 valence electrons. The Morgan fingerprint density at radius 2 is 1.82 bits per heavy atom. The number of rotatable bonds is 9. The quantitative estimate of drug-likeness (QED) is 0.360. The molecule has 0 saturated heterocycles. The lowest BCUT2D eigenvalue weighted by Crippen LogP contribution is -2.31. The number of aromatic nitrogens is 4. The average Bonchev–Trinajstić information content (AvgIpc) is 3.19. The Labute approximate surface area is 190 Å². The van der Waals surface area contributed by atoms with Crippen LogP contribution in [0.15, 0.2) is 64.2 Å². The number of ether oxygens (including phenoxy) is 1. The van der Waals surface area contributed by atoms with Crippen LogP contribution in [0.4, 0.5) is 5.95 Å². The topological polar surface area (TPSA) is 114 Å². The fraction of sp³-hybridized carbons (Fsp3) is 0.292. The standard InChI is InChI=1S/C24H27N5O4/c1-3-16-9-11-19(12-10-16)33-15-18(30)14-29-20-21(28(2)24(32)27-22(20)31)26-23(29)25-13-17-7-5-4-6-8-17/h4-12,18,30H,3,13-15H2,1-2H3,(H,25,26)(H,27,31,32). The predicted octanol–water partition coefficient (Wildman–Crippen LogP) is 2.04. The molecule has 0 saturated carbocycles. The zero-order valence-electron chi connectivity index (χ0n) is 18.6. The van der Waals surface area contributed by atoms with Gasteiger partial charge in [-0.3, -0.25) is 14.3 Å². The molecule has 4 rings (SSSR count). The number of hydrogen-bond acceptors (Lipinski definition) is 6. The van der Waals surface area contributed by atoms with Gasteiger partial charge in [0, 0.05) is 13.6 Å². The van der Waals surface area contributed by atoms with Gasteiger partial charge in [0.1, 0.15) is 18.5 Å². The molecular weight excluding hydrogens is 422 g/mol. The summed E-state index contributed by atoms with van der Waals surface area (Å²) >= 11 is 0. The second-order valence-electron chi connectivity index (χ2n) is 7.84. The molecule has 9 heteroatoms. The first-order chi connectivity index (χ1) is 16.0. The smallest absolute Gasteiger partial charge is 0.329 e. The second-order valence-corrected chi connectivity index (χ2v) is 7.84. The van der Waals surface area contributed by atoms with Gasteiger partial charge in [-0.15, -0.1) is 0 Å². The number of H-pyrrole nitrogens is 1. The van der Waals surface area contributed by atoms with Crippen LogP contribution in [0, 0.1) is 0 Å².